The van der Waals surface area contributed by atoms with Gasteiger partial charge in [-0.05, 0) is 24.3 Å². The molecule has 0 atom stereocenters. The van der Waals surface area contributed by atoms with Crippen LogP contribution in [-0.4, -0.2) is 17.8 Å². The summed E-state index contributed by atoms with van der Waals surface area (Å²) in [7, 11) is -3.87. The highest BCUT2D eigenvalue weighted by Crippen LogP contribution is 2.27. The molecule has 0 aliphatic rings. The SMILES string of the molecule is N#Cc1ccc(NS(=O)(=O)c2c(Cl)nc3sccn23)cc1. The molecule has 0 aliphatic heterocycles. The van der Waals surface area contributed by atoms with E-state index in [4.69, 9.17) is 16.9 Å². The van der Waals surface area contributed by atoms with Crippen LogP contribution in [0.1, 0.15) is 5.56 Å². The van der Waals surface area contributed by atoms with Gasteiger partial charge in [-0.25, -0.2) is 4.98 Å². The molecule has 0 unspecified atom stereocenters. The fourth-order valence-corrected chi connectivity index (χ4v) is 4.31. The summed E-state index contributed by atoms with van der Waals surface area (Å²) >= 11 is 7.21. The highest BCUT2D eigenvalue weighted by Gasteiger charge is 2.25. The third-order valence-electron chi connectivity index (χ3n) is 2.70. The van der Waals surface area contributed by atoms with Crippen molar-refractivity contribution in [3.8, 4) is 6.07 Å². The lowest BCUT2D eigenvalue weighted by atomic mass is 10.2. The van der Waals surface area contributed by atoms with E-state index in [0.29, 0.717) is 16.2 Å². The van der Waals surface area contributed by atoms with Gasteiger partial charge < -0.3 is 0 Å². The van der Waals surface area contributed by atoms with Gasteiger partial charge in [0, 0.05) is 17.3 Å². The maximum absolute atomic E-state index is 12.4. The highest BCUT2D eigenvalue weighted by atomic mass is 35.5. The number of thiazole rings is 1. The number of rotatable bonds is 3. The molecule has 1 N–H and O–H groups in total. The Balaban J connectivity index is 2.02. The minimum atomic E-state index is -3.87. The highest BCUT2D eigenvalue weighted by molar-refractivity contribution is 7.92. The van der Waals surface area contributed by atoms with Crippen molar-refractivity contribution in [2.45, 2.75) is 5.03 Å². The van der Waals surface area contributed by atoms with Gasteiger partial charge in [0.1, 0.15) is 0 Å². The van der Waals surface area contributed by atoms with Crippen molar-refractivity contribution in [2.24, 2.45) is 0 Å². The second kappa shape index (κ2) is 5.04. The van der Waals surface area contributed by atoms with Crippen LogP contribution in [0.5, 0.6) is 0 Å². The summed E-state index contributed by atoms with van der Waals surface area (Å²) in [6.45, 7) is 0. The predicted octanol–water partition coefficient (Wildman–Crippen LogP) is 2.72. The molecule has 0 bridgehead atoms. The number of nitrogens with one attached hydrogen (secondary N) is 1. The van der Waals surface area contributed by atoms with Crippen molar-refractivity contribution in [3.05, 3.63) is 46.6 Å². The predicted molar refractivity (Wildman–Crippen MR) is 80.0 cm³/mol. The lowest BCUT2D eigenvalue weighted by Crippen LogP contribution is -2.15. The number of imidazole rings is 1. The molecule has 6 nitrogen and oxygen atoms in total. The molecular weight excluding hydrogens is 332 g/mol. The van der Waals surface area contributed by atoms with Gasteiger partial charge in [0.2, 0.25) is 0 Å². The average molecular weight is 339 g/mol. The Kier molecular flexibility index (Phi) is 3.33. The molecule has 1 aromatic carbocycles. The standard InChI is InChI=1S/C12H7ClN4O2S2/c13-10-11(17-5-6-20-12(17)15-10)21(18,19)16-9-3-1-8(7-14)2-4-9/h1-6,16H. The van der Waals surface area contributed by atoms with E-state index in [1.165, 1.54) is 40.0 Å². The van der Waals surface area contributed by atoms with E-state index in [9.17, 15) is 8.42 Å². The van der Waals surface area contributed by atoms with Gasteiger partial charge in [-0.1, -0.05) is 11.6 Å². The molecule has 21 heavy (non-hydrogen) atoms. The zero-order valence-corrected chi connectivity index (χ0v) is 12.7. The van der Waals surface area contributed by atoms with Gasteiger partial charge in [-0.2, -0.15) is 13.7 Å². The molecule has 0 fully saturated rings. The van der Waals surface area contributed by atoms with Crippen molar-refractivity contribution >= 4 is 43.6 Å². The number of halogens is 1. The first-order valence-electron chi connectivity index (χ1n) is 5.65. The van der Waals surface area contributed by atoms with Crippen LogP contribution in [0.25, 0.3) is 4.96 Å². The topological polar surface area (TPSA) is 87.3 Å². The molecule has 3 aromatic rings. The fourth-order valence-electron chi connectivity index (χ4n) is 1.80. The van der Waals surface area contributed by atoms with E-state index < -0.39 is 10.0 Å². The summed E-state index contributed by atoms with van der Waals surface area (Å²) < 4.78 is 28.7. The van der Waals surface area contributed by atoms with Gasteiger partial charge in [-0.3, -0.25) is 9.12 Å². The molecule has 2 aromatic heterocycles. The second-order valence-electron chi connectivity index (χ2n) is 4.06. The Bertz CT molecular complexity index is 951. The summed E-state index contributed by atoms with van der Waals surface area (Å²) in [4.78, 5) is 4.49. The van der Waals surface area contributed by atoms with Crippen LogP contribution in [0.2, 0.25) is 5.15 Å². The number of hydrogen-bond acceptors (Lipinski definition) is 5. The van der Waals surface area contributed by atoms with E-state index in [1.807, 2.05) is 6.07 Å². The molecular formula is C12H7ClN4O2S2. The lowest BCUT2D eigenvalue weighted by Gasteiger charge is -2.07. The number of aromatic nitrogens is 2. The van der Waals surface area contributed by atoms with Crippen molar-refractivity contribution in [1.82, 2.24) is 9.38 Å². The number of nitrogens with zero attached hydrogens (tertiary/aromatic N) is 3. The molecule has 106 valence electrons. The third kappa shape index (κ3) is 2.47. The number of anilines is 1. The summed E-state index contributed by atoms with van der Waals surface area (Å²) in [5.74, 6) is 0. The van der Waals surface area contributed by atoms with Crippen LogP contribution in [0.4, 0.5) is 5.69 Å². The second-order valence-corrected chi connectivity index (χ2v) is 6.89. The molecule has 3 rings (SSSR count). The summed E-state index contributed by atoms with van der Waals surface area (Å²) in [5.41, 5.74) is 0.788. The Morgan fingerprint density at radius 1 is 1.33 bits per heavy atom. The quantitative estimate of drug-likeness (QED) is 0.795. The van der Waals surface area contributed by atoms with Crippen LogP contribution in [0.15, 0.2) is 40.9 Å². The Morgan fingerprint density at radius 3 is 2.71 bits per heavy atom. The Labute approximate surface area is 129 Å². The average Bonchev–Trinajstić information content (AvgIpc) is 2.98. The number of hydrogen-bond donors (Lipinski definition) is 1. The number of benzene rings is 1. The summed E-state index contributed by atoms with van der Waals surface area (Å²) in [6.07, 6.45) is 1.59. The molecule has 0 spiro atoms. The number of nitriles is 1. The zero-order valence-electron chi connectivity index (χ0n) is 10.3. The van der Waals surface area contributed by atoms with Crippen molar-refractivity contribution in [1.29, 1.82) is 5.26 Å². The van der Waals surface area contributed by atoms with Crippen LogP contribution < -0.4 is 4.72 Å². The largest absolute Gasteiger partial charge is 0.281 e. The van der Waals surface area contributed by atoms with E-state index in [0.717, 1.165) is 0 Å². The van der Waals surface area contributed by atoms with Crippen LogP contribution >= 0.6 is 22.9 Å². The molecule has 0 amide bonds. The van der Waals surface area contributed by atoms with Crippen molar-refractivity contribution in [2.75, 3.05) is 4.72 Å². The van der Waals surface area contributed by atoms with Crippen molar-refractivity contribution < 1.29 is 8.42 Å². The first-order valence-corrected chi connectivity index (χ1v) is 8.39. The fraction of sp³-hybridized carbons (Fsp3) is 0. The van der Waals surface area contributed by atoms with Gasteiger partial charge in [0.05, 0.1) is 11.6 Å². The van der Waals surface area contributed by atoms with Crippen LogP contribution in [-0.2, 0) is 10.0 Å². The molecule has 0 saturated carbocycles. The molecule has 0 aliphatic carbocycles. The first kappa shape index (κ1) is 13.9. The van der Waals surface area contributed by atoms with Crippen LogP contribution in [0.3, 0.4) is 0 Å². The zero-order chi connectivity index (χ0) is 15.0. The molecule has 2 heterocycles. The van der Waals surface area contributed by atoms with E-state index in [1.54, 1.807) is 11.6 Å². The maximum atomic E-state index is 12.4. The third-order valence-corrected chi connectivity index (χ3v) is 5.24. The first-order chi connectivity index (χ1) is 10.0. The Morgan fingerprint density at radius 2 is 2.05 bits per heavy atom. The number of fused-ring (bicyclic) bond motifs is 1. The minimum absolute atomic E-state index is 0.0806. The molecule has 0 radical (unpaired) electrons. The maximum Gasteiger partial charge on any atom is 0.281 e. The molecule has 0 saturated heterocycles. The number of sulfonamides is 1. The minimum Gasteiger partial charge on any atom is -0.278 e. The van der Waals surface area contributed by atoms with E-state index >= 15 is 0 Å². The monoisotopic (exact) mass is 338 g/mol. The molecule has 9 heteroatoms. The van der Waals surface area contributed by atoms with Crippen molar-refractivity contribution in [3.63, 3.8) is 0 Å². The van der Waals surface area contributed by atoms with E-state index in [2.05, 4.69) is 9.71 Å². The smallest absolute Gasteiger partial charge is 0.278 e. The van der Waals surface area contributed by atoms with Gasteiger partial charge in [-0.15, -0.1) is 11.3 Å². The van der Waals surface area contributed by atoms with Gasteiger partial charge >= 0.3 is 0 Å². The normalized spacial score (nSPS) is 11.4. The van der Waals surface area contributed by atoms with Gasteiger partial charge in [0.15, 0.2) is 15.1 Å². The van der Waals surface area contributed by atoms with Crippen LogP contribution in [0, 0.1) is 11.3 Å². The summed E-state index contributed by atoms with van der Waals surface area (Å²) in [6, 6.07) is 8.03. The van der Waals surface area contributed by atoms with Gasteiger partial charge in [0.25, 0.3) is 10.0 Å². The summed E-state index contributed by atoms with van der Waals surface area (Å²) in [5, 5.41) is 10.3. The lowest BCUT2D eigenvalue weighted by molar-refractivity contribution is 0.597. The van der Waals surface area contributed by atoms with E-state index in [-0.39, 0.29) is 10.2 Å². The Hall–Kier alpha value is -2.08.